The smallest absolute Gasteiger partial charge is 0.272 e. The van der Waals surface area contributed by atoms with E-state index >= 15 is 0 Å². The van der Waals surface area contributed by atoms with Crippen LogP contribution in [0.5, 0.6) is 0 Å². The molecule has 2 unspecified atom stereocenters. The second kappa shape index (κ2) is 8.55. The van der Waals surface area contributed by atoms with Crippen molar-refractivity contribution in [1.82, 2.24) is 0 Å². The Morgan fingerprint density at radius 2 is 2.08 bits per heavy atom. The van der Waals surface area contributed by atoms with Gasteiger partial charge in [-0.2, -0.15) is 5.10 Å². The van der Waals surface area contributed by atoms with Gasteiger partial charge < -0.3 is 0 Å². The molecule has 8 heteroatoms. The summed E-state index contributed by atoms with van der Waals surface area (Å²) < 4.78 is 0. The molecule has 8 nitrogen and oxygen atoms in total. The third kappa shape index (κ3) is 4.74. The molecule has 0 amide bonds. The zero-order valence-corrected chi connectivity index (χ0v) is 14.6. The minimum Gasteiger partial charge on any atom is -0.272 e. The molecule has 0 radical (unpaired) electrons. The van der Waals surface area contributed by atoms with Crippen LogP contribution in [-0.4, -0.2) is 15.6 Å². The maximum atomic E-state index is 11.2. The maximum absolute atomic E-state index is 11.2. The first kappa shape index (κ1) is 18.8. The standard InChI is InChI=1S/C17H24N4O4/c1-3-4-6-12(2)14-7-5-8-15(14)18-19-16-10-9-13(20(22)23)11-17(16)21(24)25/h9-12,14,19H,3-8H2,1-2H3. The van der Waals surface area contributed by atoms with E-state index in [-0.39, 0.29) is 17.1 Å². The highest BCUT2D eigenvalue weighted by atomic mass is 16.6. The molecule has 1 N–H and O–H groups in total. The van der Waals surface area contributed by atoms with Crippen LogP contribution in [0.25, 0.3) is 0 Å². The van der Waals surface area contributed by atoms with E-state index in [1.54, 1.807) is 0 Å². The van der Waals surface area contributed by atoms with Gasteiger partial charge in [0.1, 0.15) is 5.69 Å². The molecule has 2 rings (SSSR count). The molecule has 1 aliphatic carbocycles. The summed E-state index contributed by atoms with van der Waals surface area (Å²) in [7, 11) is 0. The molecule has 0 bridgehead atoms. The molecule has 0 aromatic heterocycles. The van der Waals surface area contributed by atoms with Gasteiger partial charge in [0.05, 0.1) is 15.9 Å². The van der Waals surface area contributed by atoms with Crippen molar-refractivity contribution in [2.24, 2.45) is 16.9 Å². The van der Waals surface area contributed by atoms with Crippen LogP contribution in [-0.2, 0) is 0 Å². The highest BCUT2D eigenvalue weighted by Gasteiger charge is 2.28. The van der Waals surface area contributed by atoms with Crippen LogP contribution in [0.15, 0.2) is 23.3 Å². The Morgan fingerprint density at radius 1 is 1.32 bits per heavy atom. The number of non-ortho nitro benzene ring substituents is 1. The van der Waals surface area contributed by atoms with Crippen LogP contribution >= 0.6 is 0 Å². The normalized spacial score (nSPS) is 19.8. The Balaban J connectivity index is 2.17. The largest absolute Gasteiger partial charge is 0.301 e. The van der Waals surface area contributed by atoms with Crippen LogP contribution in [0.1, 0.15) is 52.4 Å². The summed E-state index contributed by atoms with van der Waals surface area (Å²) in [6.07, 6.45) is 6.55. The number of nitro benzene ring substituents is 2. The molecule has 136 valence electrons. The fraction of sp³-hybridized carbons (Fsp3) is 0.588. The third-order valence-electron chi connectivity index (χ3n) is 4.78. The van der Waals surface area contributed by atoms with Crippen molar-refractivity contribution >= 4 is 22.8 Å². The Bertz CT molecular complexity index is 675. The second-order valence-corrected chi connectivity index (χ2v) is 6.55. The van der Waals surface area contributed by atoms with E-state index in [4.69, 9.17) is 0 Å². The van der Waals surface area contributed by atoms with Crippen LogP contribution in [0, 0.1) is 32.1 Å². The van der Waals surface area contributed by atoms with Crippen molar-refractivity contribution in [1.29, 1.82) is 0 Å². The van der Waals surface area contributed by atoms with Gasteiger partial charge in [0.2, 0.25) is 0 Å². The van der Waals surface area contributed by atoms with E-state index in [0.29, 0.717) is 11.8 Å². The van der Waals surface area contributed by atoms with E-state index in [9.17, 15) is 20.2 Å². The molecule has 0 aliphatic heterocycles. The topological polar surface area (TPSA) is 111 Å². The minimum absolute atomic E-state index is 0.176. The van der Waals surface area contributed by atoms with Crippen molar-refractivity contribution in [3.05, 3.63) is 38.4 Å². The summed E-state index contributed by atoms with van der Waals surface area (Å²) in [5.74, 6) is 0.936. The Hall–Kier alpha value is -2.51. The van der Waals surface area contributed by atoms with Gasteiger partial charge in [-0.3, -0.25) is 25.7 Å². The van der Waals surface area contributed by atoms with Gasteiger partial charge >= 0.3 is 5.69 Å². The molecule has 1 aromatic carbocycles. The Kier molecular flexibility index (Phi) is 6.44. The van der Waals surface area contributed by atoms with E-state index in [0.717, 1.165) is 43.9 Å². The van der Waals surface area contributed by atoms with Gasteiger partial charge in [0, 0.05) is 17.7 Å². The van der Waals surface area contributed by atoms with Crippen LogP contribution in [0.4, 0.5) is 17.1 Å². The Morgan fingerprint density at radius 3 is 2.72 bits per heavy atom. The van der Waals surface area contributed by atoms with Crippen molar-refractivity contribution in [2.75, 3.05) is 5.43 Å². The highest BCUT2D eigenvalue weighted by Crippen LogP contribution is 2.33. The average molecular weight is 348 g/mol. The number of hydrogen-bond acceptors (Lipinski definition) is 6. The lowest BCUT2D eigenvalue weighted by Crippen LogP contribution is -2.17. The van der Waals surface area contributed by atoms with Gasteiger partial charge in [0.15, 0.2) is 0 Å². The van der Waals surface area contributed by atoms with Gasteiger partial charge in [-0.15, -0.1) is 0 Å². The monoisotopic (exact) mass is 348 g/mol. The molecule has 0 saturated heterocycles. The van der Waals surface area contributed by atoms with Crippen molar-refractivity contribution in [3.63, 3.8) is 0 Å². The molecule has 1 aliphatic rings. The molecular formula is C17H24N4O4. The van der Waals surface area contributed by atoms with E-state index in [1.165, 1.54) is 18.6 Å². The molecule has 1 aromatic rings. The number of rotatable bonds is 8. The van der Waals surface area contributed by atoms with Gasteiger partial charge in [0.25, 0.3) is 5.69 Å². The molecular weight excluding hydrogens is 324 g/mol. The fourth-order valence-corrected chi connectivity index (χ4v) is 3.35. The number of hydrogen-bond donors (Lipinski definition) is 1. The fourth-order valence-electron chi connectivity index (χ4n) is 3.35. The van der Waals surface area contributed by atoms with Crippen molar-refractivity contribution in [3.8, 4) is 0 Å². The SMILES string of the molecule is CCCCC(C)C1CCCC1=NNc1ccc([N+](=O)[O-])cc1[N+](=O)[O-]. The predicted octanol–water partition coefficient (Wildman–Crippen LogP) is 4.90. The van der Waals surface area contributed by atoms with Crippen LogP contribution in [0.3, 0.4) is 0 Å². The number of anilines is 1. The van der Waals surface area contributed by atoms with Crippen molar-refractivity contribution in [2.45, 2.75) is 52.4 Å². The second-order valence-electron chi connectivity index (χ2n) is 6.55. The average Bonchev–Trinajstić information content (AvgIpc) is 3.06. The predicted molar refractivity (Wildman–Crippen MR) is 96.8 cm³/mol. The first-order valence-electron chi connectivity index (χ1n) is 8.69. The van der Waals surface area contributed by atoms with E-state index in [1.807, 2.05) is 0 Å². The summed E-state index contributed by atoms with van der Waals surface area (Å²) in [6, 6.07) is 3.54. The third-order valence-corrected chi connectivity index (χ3v) is 4.78. The zero-order valence-electron chi connectivity index (χ0n) is 14.6. The molecule has 25 heavy (non-hydrogen) atoms. The number of nitrogens with zero attached hydrogens (tertiary/aromatic N) is 3. The number of benzene rings is 1. The molecule has 2 atom stereocenters. The first-order chi connectivity index (χ1) is 11.9. The van der Waals surface area contributed by atoms with E-state index < -0.39 is 9.85 Å². The van der Waals surface area contributed by atoms with Crippen molar-refractivity contribution < 1.29 is 9.85 Å². The molecule has 1 saturated carbocycles. The number of hydrazone groups is 1. The Labute approximate surface area is 146 Å². The van der Waals surface area contributed by atoms with Gasteiger partial charge in [-0.25, -0.2) is 0 Å². The van der Waals surface area contributed by atoms with E-state index in [2.05, 4.69) is 24.4 Å². The number of unbranched alkanes of at least 4 members (excludes halogenated alkanes) is 1. The lowest BCUT2D eigenvalue weighted by Gasteiger charge is -2.19. The zero-order chi connectivity index (χ0) is 18.4. The van der Waals surface area contributed by atoms with Gasteiger partial charge in [-0.1, -0.05) is 33.1 Å². The molecule has 0 spiro atoms. The summed E-state index contributed by atoms with van der Waals surface area (Å²) in [4.78, 5) is 20.7. The lowest BCUT2D eigenvalue weighted by atomic mass is 9.87. The van der Waals surface area contributed by atoms with Gasteiger partial charge in [-0.05, 0) is 31.2 Å². The summed E-state index contributed by atoms with van der Waals surface area (Å²) in [5.41, 5.74) is 3.33. The maximum Gasteiger partial charge on any atom is 0.301 e. The quantitative estimate of drug-likeness (QED) is 0.530. The number of nitro groups is 2. The van der Waals surface area contributed by atoms with Crippen LogP contribution < -0.4 is 5.43 Å². The summed E-state index contributed by atoms with van der Waals surface area (Å²) in [6.45, 7) is 4.40. The summed E-state index contributed by atoms with van der Waals surface area (Å²) in [5, 5.41) is 26.4. The first-order valence-corrected chi connectivity index (χ1v) is 8.69. The molecule has 0 heterocycles. The lowest BCUT2D eigenvalue weighted by molar-refractivity contribution is -0.393. The molecule has 1 fully saturated rings. The minimum atomic E-state index is -0.648. The summed E-state index contributed by atoms with van der Waals surface area (Å²) >= 11 is 0. The van der Waals surface area contributed by atoms with Crippen LogP contribution in [0.2, 0.25) is 0 Å². The number of nitrogens with one attached hydrogen (secondary N) is 1. The highest BCUT2D eigenvalue weighted by molar-refractivity contribution is 5.89.